The van der Waals surface area contributed by atoms with E-state index >= 15 is 0 Å². The van der Waals surface area contributed by atoms with Crippen LogP contribution in [0.25, 0.3) is 0 Å². The van der Waals surface area contributed by atoms with Crippen molar-refractivity contribution in [2.75, 3.05) is 44.3 Å². The molecule has 4 heterocycles. The second kappa shape index (κ2) is 7.13. The molecular formula is C17H23N5OS. The van der Waals surface area contributed by atoms with Crippen molar-refractivity contribution < 1.29 is 4.74 Å². The Morgan fingerprint density at radius 1 is 1.17 bits per heavy atom. The average molecular weight is 345 g/mol. The van der Waals surface area contributed by atoms with Gasteiger partial charge >= 0.3 is 0 Å². The van der Waals surface area contributed by atoms with Crippen LogP contribution in [0.1, 0.15) is 17.8 Å². The Kier molecular flexibility index (Phi) is 4.73. The number of rotatable bonds is 3. The lowest BCUT2D eigenvalue weighted by molar-refractivity contribution is 0.0106. The second-order valence-corrected chi connectivity index (χ2v) is 7.76. The first-order chi connectivity index (χ1) is 11.8. The van der Waals surface area contributed by atoms with Crippen LogP contribution in [0.2, 0.25) is 0 Å². The van der Waals surface area contributed by atoms with Crippen molar-refractivity contribution in [1.82, 2.24) is 19.9 Å². The summed E-state index contributed by atoms with van der Waals surface area (Å²) in [4.78, 5) is 18.0. The van der Waals surface area contributed by atoms with Gasteiger partial charge in [0.05, 0.1) is 26.0 Å². The normalized spacial score (nSPS) is 25.8. The molecule has 24 heavy (non-hydrogen) atoms. The smallest absolute Gasteiger partial charge is 0.147 e. The summed E-state index contributed by atoms with van der Waals surface area (Å²) in [6.45, 7) is 6.61. The molecule has 2 fully saturated rings. The van der Waals surface area contributed by atoms with Crippen molar-refractivity contribution in [3.05, 3.63) is 35.2 Å². The highest BCUT2D eigenvalue weighted by molar-refractivity contribution is 7.09. The van der Waals surface area contributed by atoms with E-state index in [0.717, 1.165) is 51.8 Å². The molecule has 0 radical (unpaired) electrons. The first-order valence-electron chi connectivity index (χ1n) is 8.53. The minimum atomic E-state index is 0.170. The van der Waals surface area contributed by atoms with Crippen molar-refractivity contribution in [2.24, 2.45) is 5.41 Å². The topological polar surface area (TPSA) is 54.4 Å². The summed E-state index contributed by atoms with van der Waals surface area (Å²) in [5, 5.41) is 3.26. The fourth-order valence-corrected chi connectivity index (χ4v) is 4.51. The third-order valence-corrected chi connectivity index (χ3v) is 5.66. The maximum absolute atomic E-state index is 5.99. The van der Waals surface area contributed by atoms with Crippen molar-refractivity contribution >= 4 is 17.2 Å². The lowest BCUT2D eigenvalue weighted by Gasteiger charge is -2.43. The minimum absolute atomic E-state index is 0.170. The molecule has 0 unspecified atom stereocenters. The Morgan fingerprint density at radius 2 is 2.17 bits per heavy atom. The van der Waals surface area contributed by atoms with Gasteiger partial charge in [-0.1, -0.05) is 0 Å². The van der Waals surface area contributed by atoms with Gasteiger partial charge in [-0.25, -0.2) is 9.97 Å². The number of aromatic nitrogens is 3. The number of anilines is 1. The fourth-order valence-electron chi connectivity index (χ4n) is 3.86. The quantitative estimate of drug-likeness (QED) is 0.849. The van der Waals surface area contributed by atoms with Gasteiger partial charge < -0.3 is 9.64 Å². The molecule has 0 N–H and O–H groups in total. The Balaban J connectivity index is 1.49. The summed E-state index contributed by atoms with van der Waals surface area (Å²) in [7, 11) is 0. The number of nitrogens with zero attached hydrogens (tertiary/aromatic N) is 5. The highest BCUT2D eigenvalue weighted by Gasteiger charge is 2.39. The number of piperidine rings is 1. The van der Waals surface area contributed by atoms with Crippen molar-refractivity contribution in [3.63, 3.8) is 0 Å². The lowest BCUT2D eigenvalue weighted by atomic mass is 9.80. The van der Waals surface area contributed by atoms with Crippen LogP contribution in [0, 0.1) is 5.41 Å². The molecule has 2 aromatic rings. The van der Waals surface area contributed by atoms with Gasteiger partial charge in [-0.3, -0.25) is 9.88 Å². The van der Waals surface area contributed by atoms with Gasteiger partial charge in [0.2, 0.25) is 0 Å². The summed E-state index contributed by atoms with van der Waals surface area (Å²) in [6, 6.07) is 0. The predicted octanol–water partition coefficient (Wildman–Crippen LogP) is 2.05. The van der Waals surface area contributed by atoms with E-state index in [4.69, 9.17) is 4.74 Å². The van der Waals surface area contributed by atoms with Gasteiger partial charge in [-0.05, 0) is 19.4 Å². The Bertz CT molecular complexity index is 638. The molecule has 6 nitrogen and oxygen atoms in total. The van der Waals surface area contributed by atoms with Crippen LogP contribution in [0.4, 0.5) is 5.82 Å². The molecular weight excluding hydrogens is 322 g/mol. The first-order valence-corrected chi connectivity index (χ1v) is 9.40. The Hall–Kier alpha value is -1.57. The molecule has 2 saturated heterocycles. The highest BCUT2D eigenvalue weighted by atomic mass is 32.1. The molecule has 0 aromatic carbocycles. The molecule has 0 aliphatic carbocycles. The molecule has 1 spiro atoms. The molecule has 4 rings (SSSR count). The maximum Gasteiger partial charge on any atom is 0.147 e. The predicted molar refractivity (Wildman–Crippen MR) is 94.1 cm³/mol. The molecule has 1 atom stereocenters. The van der Waals surface area contributed by atoms with Crippen LogP contribution in [0.15, 0.2) is 30.2 Å². The summed E-state index contributed by atoms with van der Waals surface area (Å²) in [6.07, 6.45) is 9.66. The molecule has 2 aliphatic rings. The lowest BCUT2D eigenvalue weighted by Crippen LogP contribution is -2.50. The zero-order valence-electron chi connectivity index (χ0n) is 13.8. The maximum atomic E-state index is 5.99. The van der Waals surface area contributed by atoms with Crippen LogP contribution in [-0.2, 0) is 11.3 Å². The van der Waals surface area contributed by atoms with E-state index in [1.807, 2.05) is 12.4 Å². The second-order valence-electron chi connectivity index (χ2n) is 6.78. The van der Waals surface area contributed by atoms with E-state index in [0.29, 0.717) is 0 Å². The first kappa shape index (κ1) is 15.9. The van der Waals surface area contributed by atoms with E-state index in [9.17, 15) is 0 Å². The van der Waals surface area contributed by atoms with E-state index in [-0.39, 0.29) is 5.41 Å². The minimum Gasteiger partial charge on any atom is -0.379 e. The monoisotopic (exact) mass is 345 g/mol. The standard InChI is InChI=1S/C17H23N5OS/c1-2-17(12-21(6-1)11-16-20-5-9-24-16)13-22(7-8-23-14-17)15-10-18-3-4-19-15/h3-5,9-10H,1-2,6-8,11-14H2/t17-/m0/s1. The zero-order chi connectivity index (χ0) is 16.2. The van der Waals surface area contributed by atoms with E-state index < -0.39 is 0 Å². The van der Waals surface area contributed by atoms with Crippen molar-refractivity contribution in [1.29, 1.82) is 0 Å². The summed E-state index contributed by atoms with van der Waals surface area (Å²) in [5.41, 5.74) is 0.170. The van der Waals surface area contributed by atoms with Crippen LogP contribution < -0.4 is 4.90 Å². The van der Waals surface area contributed by atoms with Crippen LogP contribution >= 0.6 is 11.3 Å². The Morgan fingerprint density at radius 3 is 3.00 bits per heavy atom. The van der Waals surface area contributed by atoms with Gasteiger partial charge in [0.1, 0.15) is 10.8 Å². The Labute approximate surface area is 146 Å². The molecule has 0 saturated carbocycles. The largest absolute Gasteiger partial charge is 0.379 e. The summed E-state index contributed by atoms with van der Waals surface area (Å²) >= 11 is 1.74. The number of likely N-dealkylation sites (tertiary alicyclic amines) is 1. The zero-order valence-corrected chi connectivity index (χ0v) is 14.6. The number of hydrogen-bond acceptors (Lipinski definition) is 7. The van der Waals surface area contributed by atoms with E-state index in [1.165, 1.54) is 17.8 Å². The number of hydrogen-bond donors (Lipinski definition) is 0. The molecule has 2 aliphatic heterocycles. The summed E-state index contributed by atoms with van der Waals surface area (Å²) in [5.74, 6) is 0.958. The third kappa shape index (κ3) is 3.58. The fraction of sp³-hybridized carbons (Fsp3) is 0.588. The molecule has 128 valence electrons. The molecule has 7 heteroatoms. The van der Waals surface area contributed by atoms with Gasteiger partial charge in [0, 0.05) is 49.0 Å². The van der Waals surface area contributed by atoms with E-state index in [1.54, 1.807) is 23.7 Å². The van der Waals surface area contributed by atoms with E-state index in [2.05, 4.69) is 30.1 Å². The van der Waals surface area contributed by atoms with Crippen molar-refractivity contribution in [3.8, 4) is 0 Å². The molecule has 2 aromatic heterocycles. The van der Waals surface area contributed by atoms with Crippen molar-refractivity contribution in [2.45, 2.75) is 19.4 Å². The van der Waals surface area contributed by atoms with Gasteiger partial charge in [0.25, 0.3) is 0 Å². The highest BCUT2D eigenvalue weighted by Crippen LogP contribution is 2.34. The van der Waals surface area contributed by atoms with Crippen LogP contribution in [-0.4, -0.2) is 59.2 Å². The van der Waals surface area contributed by atoms with Gasteiger partial charge in [-0.2, -0.15) is 0 Å². The van der Waals surface area contributed by atoms with Gasteiger partial charge in [-0.15, -0.1) is 11.3 Å². The summed E-state index contributed by atoms with van der Waals surface area (Å²) < 4.78 is 5.99. The number of thiazole rings is 1. The number of ether oxygens (including phenoxy) is 1. The third-order valence-electron chi connectivity index (χ3n) is 4.90. The van der Waals surface area contributed by atoms with Gasteiger partial charge in [0.15, 0.2) is 0 Å². The van der Waals surface area contributed by atoms with Crippen LogP contribution in [0.3, 0.4) is 0 Å². The average Bonchev–Trinajstić information content (AvgIpc) is 3.03. The van der Waals surface area contributed by atoms with Crippen LogP contribution in [0.5, 0.6) is 0 Å². The SMILES string of the molecule is c1cnc(N2CCOC[C@]3(CCCN(Cc4nccs4)C3)C2)cn1. The molecule has 0 amide bonds. The molecule has 0 bridgehead atoms.